The first kappa shape index (κ1) is 19.6. The largest absolute Gasteiger partial charge is 0.356 e. The Kier molecular flexibility index (Phi) is 6.02. The zero-order valence-corrected chi connectivity index (χ0v) is 17.0. The first-order chi connectivity index (χ1) is 12.8. The number of pyridine rings is 1. The van der Waals surface area contributed by atoms with E-state index in [9.17, 15) is 9.59 Å². The van der Waals surface area contributed by atoms with Gasteiger partial charge in [0.25, 0.3) is 0 Å². The van der Waals surface area contributed by atoms with Gasteiger partial charge in [0.15, 0.2) is 0 Å². The second-order valence-electron chi connectivity index (χ2n) is 8.31. The van der Waals surface area contributed by atoms with Gasteiger partial charge in [-0.25, -0.2) is 4.98 Å². The number of nitrogens with one attached hydrogen (secondary N) is 1. The third kappa shape index (κ3) is 4.60. The van der Waals surface area contributed by atoms with Crippen molar-refractivity contribution in [3.63, 3.8) is 0 Å². The van der Waals surface area contributed by atoms with Gasteiger partial charge in [-0.1, -0.05) is 13.8 Å². The van der Waals surface area contributed by atoms with E-state index in [0.717, 1.165) is 49.0 Å². The normalized spacial score (nSPS) is 21.0. The fourth-order valence-corrected chi connectivity index (χ4v) is 4.09. The number of rotatable bonds is 4. The molecule has 2 amide bonds. The molecule has 0 saturated carbocycles. The van der Waals surface area contributed by atoms with Crippen molar-refractivity contribution in [2.75, 3.05) is 36.4 Å². The lowest BCUT2D eigenvalue weighted by Gasteiger charge is -2.30. The molecule has 2 aliphatic heterocycles. The lowest BCUT2D eigenvalue weighted by molar-refractivity contribution is -0.132. The summed E-state index contributed by atoms with van der Waals surface area (Å²) in [5, 5.41) is 3.05. The molecule has 3 rings (SSSR count). The molecule has 2 fully saturated rings. The third-order valence-corrected chi connectivity index (χ3v) is 6.13. The molecule has 1 aromatic heterocycles. The first-order valence-electron chi connectivity index (χ1n) is 10.1. The number of anilines is 2. The highest BCUT2D eigenvalue weighted by atomic mass is 16.2. The molecular weight excluding hydrogens is 340 g/mol. The molecule has 0 aromatic carbocycles. The van der Waals surface area contributed by atoms with Crippen molar-refractivity contribution in [3.8, 4) is 0 Å². The summed E-state index contributed by atoms with van der Waals surface area (Å²) in [5.74, 6) is 2.52. The maximum absolute atomic E-state index is 12.6. The maximum Gasteiger partial charge on any atom is 0.227 e. The molecule has 6 nitrogen and oxygen atoms in total. The predicted molar refractivity (Wildman–Crippen MR) is 108 cm³/mol. The molecule has 0 spiro atoms. The van der Waals surface area contributed by atoms with Crippen LogP contribution in [0.4, 0.5) is 11.5 Å². The zero-order valence-electron chi connectivity index (χ0n) is 17.0. The quantitative estimate of drug-likeness (QED) is 0.882. The number of aryl methyl sites for hydroxylation is 1. The Balaban J connectivity index is 1.58. The molecule has 0 aliphatic carbocycles. The molecule has 1 aromatic rings. The maximum atomic E-state index is 12.6. The van der Waals surface area contributed by atoms with E-state index in [1.165, 1.54) is 6.42 Å². The summed E-state index contributed by atoms with van der Waals surface area (Å²) in [6.07, 6.45) is 2.66. The van der Waals surface area contributed by atoms with Gasteiger partial charge in [0.2, 0.25) is 11.8 Å². The lowest BCUT2D eigenvalue weighted by Crippen LogP contribution is -2.40. The van der Waals surface area contributed by atoms with Gasteiger partial charge in [-0.05, 0) is 50.2 Å². The molecule has 1 N–H and O–H groups in total. The van der Waals surface area contributed by atoms with Gasteiger partial charge < -0.3 is 15.1 Å². The average Bonchev–Trinajstić information content (AvgIpc) is 3.14. The van der Waals surface area contributed by atoms with Crippen LogP contribution in [-0.2, 0) is 9.59 Å². The van der Waals surface area contributed by atoms with Crippen molar-refractivity contribution in [1.82, 2.24) is 9.88 Å². The van der Waals surface area contributed by atoms with Crippen LogP contribution in [0.25, 0.3) is 0 Å². The molecule has 3 heterocycles. The van der Waals surface area contributed by atoms with E-state index in [2.05, 4.69) is 24.1 Å². The number of hydrogen-bond donors (Lipinski definition) is 1. The SMILES string of the molecule is CC(=O)N1CCC(C(=O)Nc2ccc(N3CCC(C(C)C)C3)nc2C)CC1. The predicted octanol–water partition coefficient (Wildman–Crippen LogP) is 3.07. The van der Waals surface area contributed by atoms with Crippen molar-refractivity contribution in [3.05, 3.63) is 17.8 Å². The molecule has 2 saturated heterocycles. The summed E-state index contributed by atoms with van der Waals surface area (Å²) in [5.41, 5.74) is 1.65. The van der Waals surface area contributed by atoms with Crippen LogP contribution >= 0.6 is 0 Å². The topological polar surface area (TPSA) is 65.5 Å². The Labute approximate surface area is 162 Å². The second-order valence-corrected chi connectivity index (χ2v) is 8.31. The summed E-state index contributed by atoms with van der Waals surface area (Å²) in [4.78, 5) is 32.9. The number of aromatic nitrogens is 1. The van der Waals surface area contributed by atoms with Crippen LogP contribution in [0, 0.1) is 24.7 Å². The summed E-state index contributed by atoms with van der Waals surface area (Å²) in [6.45, 7) is 11.5. The van der Waals surface area contributed by atoms with Gasteiger partial charge >= 0.3 is 0 Å². The standard InChI is InChI=1S/C21H32N4O2/c1-14(2)18-9-12-25(13-18)20-6-5-19(15(3)22-20)23-21(27)17-7-10-24(11-8-17)16(4)26/h5-6,14,17-18H,7-13H2,1-4H3,(H,23,27). The van der Waals surface area contributed by atoms with E-state index < -0.39 is 0 Å². The Morgan fingerprint density at radius 1 is 1.15 bits per heavy atom. The van der Waals surface area contributed by atoms with Crippen molar-refractivity contribution < 1.29 is 9.59 Å². The Morgan fingerprint density at radius 2 is 1.85 bits per heavy atom. The highest BCUT2D eigenvalue weighted by Gasteiger charge is 2.28. The summed E-state index contributed by atoms with van der Waals surface area (Å²) < 4.78 is 0. The van der Waals surface area contributed by atoms with Crippen LogP contribution < -0.4 is 10.2 Å². The molecule has 0 radical (unpaired) electrons. The van der Waals surface area contributed by atoms with Crippen LogP contribution in [0.2, 0.25) is 0 Å². The van der Waals surface area contributed by atoms with Gasteiger partial charge in [-0.15, -0.1) is 0 Å². The van der Waals surface area contributed by atoms with E-state index in [-0.39, 0.29) is 17.7 Å². The number of carbonyl (C=O) groups excluding carboxylic acids is 2. The number of piperidine rings is 1. The van der Waals surface area contributed by atoms with Gasteiger partial charge in [0.1, 0.15) is 5.82 Å². The van der Waals surface area contributed by atoms with E-state index in [4.69, 9.17) is 4.98 Å². The average molecular weight is 373 g/mol. The number of likely N-dealkylation sites (tertiary alicyclic amines) is 1. The van der Waals surface area contributed by atoms with Crippen LogP contribution in [0.15, 0.2) is 12.1 Å². The third-order valence-electron chi connectivity index (χ3n) is 6.13. The van der Waals surface area contributed by atoms with Crippen LogP contribution in [0.5, 0.6) is 0 Å². The summed E-state index contributed by atoms with van der Waals surface area (Å²) in [7, 11) is 0. The molecule has 2 aliphatic rings. The van der Waals surface area contributed by atoms with Crippen molar-refractivity contribution in [2.45, 2.75) is 47.0 Å². The number of nitrogens with zero attached hydrogens (tertiary/aromatic N) is 3. The van der Waals surface area contributed by atoms with Crippen LogP contribution in [0.3, 0.4) is 0 Å². The monoisotopic (exact) mass is 372 g/mol. The molecule has 6 heteroatoms. The lowest BCUT2D eigenvalue weighted by atomic mass is 9.95. The smallest absolute Gasteiger partial charge is 0.227 e. The molecule has 0 bridgehead atoms. The first-order valence-corrected chi connectivity index (χ1v) is 10.1. The Bertz CT molecular complexity index is 695. The van der Waals surface area contributed by atoms with Crippen molar-refractivity contribution in [2.24, 2.45) is 17.8 Å². The van der Waals surface area contributed by atoms with Gasteiger partial charge in [-0.2, -0.15) is 0 Å². The molecule has 27 heavy (non-hydrogen) atoms. The number of amides is 2. The molecule has 148 valence electrons. The van der Waals surface area contributed by atoms with E-state index in [1.54, 1.807) is 6.92 Å². The molecular formula is C21H32N4O2. The summed E-state index contributed by atoms with van der Waals surface area (Å²) in [6, 6.07) is 3.99. The number of hydrogen-bond acceptors (Lipinski definition) is 4. The molecule has 1 unspecified atom stereocenters. The summed E-state index contributed by atoms with van der Waals surface area (Å²) >= 11 is 0. The minimum atomic E-state index is -0.0370. The molecule has 1 atom stereocenters. The van der Waals surface area contributed by atoms with E-state index >= 15 is 0 Å². The van der Waals surface area contributed by atoms with Crippen LogP contribution in [0.1, 0.15) is 45.7 Å². The number of carbonyl (C=O) groups is 2. The minimum absolute atomic E-state index is 0.0370. The van der Waals surface area contributed by atoms with E-state index in [1.807, 2.05) is 24.0 Å². The highest BCUT2D eigenvalue weighted by Crippen LogP contribution is 2.29. The zero-order chi connectivity index (χ0) is 19.6. The van der Waals surface area contributed by atoms with Gasteiger partial charge in [-0.3, -0.25) is 9.59 Å². The van der Waals surface area contributed by atoms with Crippen molar-refractivity contribution >= 4 is 23.3 Å². The Morgan fingerprint density at radius 3 is 2.41 bits per heavy atom. The fourth-order valence-electron chi connectivity index (χ4n) is 4.09. The van der Waals surface area contributed by atoms with Crippen molar-refractivity contribution in [1.29, 1.82) is 0 Å². The van der Waals surface area contributed by atoms with Gasteiger partial charge in [0.05, 0.1) is 11.4 Å². The highest BCUT2D eigenvalue weighted by molar-refractivity contribution is 5.93. The van der Waals surface area contributed by atoms with E-state index in [0.29, 0.717) is 19.0 Å². The van der Waals surface area contributed by atoms with Gasteiger partial charge in [0, 0.05) is 39.0 Å². The second kappa shape index (κ2) is 8.28. The fraction of sp³-hybridized carbons (Fsp3) is 0.667. The minimum Gasteiger partial charge on any atom is -0.356 e. The van der Waals surface area contributed by atoms with Crippen LogP contribution in [-0.4, -0.2) is 47.9 Å². The Hall–Kier alpha value is -2.11.